The maximum absolute atomic E-state index is 11.6. The van der Waals surface area contributed by atoms with Crippen molar-refractivity contribution in [1.82, 2.24) is 5.32 Å². The van der Waals surface area contributed by atoms with Crippen LogP contribution in [0.25, 0.3) is 0 Å². The second kappa shape index (κ2) is 6.71. The number of amides is 1. The number of carbonyl (C=O) groups is 1. The fraction of sp³-hybridized carbons (Fsp3) is 0.933. The zero-order valence-electron chi connectivity index (χ0n) is 12.1. The lowest BCUT2D eigenvalue weighted by molar-refractivity contribution is -0.124. The predicted molar refractivity (Wildman–Crippen MR) is 75.8 cm³/mol. The van der Waals surface area contributed by atoms with Crippen LogP contribution in [0.3, 0.4) is 0 Å². The molecule has 0 saturated heterocycles. The van der Waals surface area contributed by atoms with Crippen LogP contribution in [-0.2, 0) is 9.53 Å². The van der Waals surface area contributed by atoms with Crippen LogP contribution in [-0.4, -0.2) is 30.7 Å². The first-order valence-corrected chi connectivity index (χ1v) is 7.75. The molecule has 2 saturated carbocycles. The van der Waals surface area contributed by atoms with E-state index in [0.717, 1.165) is 32.0 Å². The Hall–Kier alpha value is -0.610. The van der Waals surface area contributed by atoms with E-state index in [-0.39, 0.29) is 5.91 Å². The highest BCUT2D eigenvalue weighted by molar-refractivity contribution is 5.84. The summed E-state index contributed by atoms with van der Waals surface area (Å²) in [4.78, 5) is 11.6. The van der Waals surface area contributed by atoms with Gasteiger partial charge in [0.1, 0.15) is 0 Å². The van der Waals surface area contributed by atoms with Gasteiger partial charge in [-0.25, -0.2) is 0 Å². The molecule has 2 aliphatic carbocycles. The Morgan fingerprint density at radius 3 is 2.58 bits per heavy atom. The lowest BCUT2D eigenvalue weighted by atomic mass is 9.95. The van der Waals surface area contributed by atoms with Crippen LogP contribution in [0, 0.1) is 5.92 Å². The molecule has 2 rings (SSSR count). The van der Waals surface area contributed by atoms with Gasteiger partial charge in [-0.1, -0.05) is 12.8 Å². The first-order chi connectivity index (χ1) is 9.10. The van der Waals surface area contributed by atoms with Crippen molar-refractivity contribution < 1.29 is 9.53 Å². The number of ether oxygens (including phenoxy) is 1. The fourth-order valence-corrected chi connectivity index (χ4v) is 2.90. The molecule has 4 nitrogen and oxygen atoms in total. The second-order valence-electron chi connectivity index (χ2n) is 6.44. The van der Waals surface area contributed by atoms with Crippen molar-refractivity contribution in [1.29, 1.82) is 0 Å². The van der Waals surface area contributed by atoms with Crippen molar-refractivity contribution in [2.24, 2.45) is 11.7 Å². The molecule has 2 aliphatic rings. The molecule has 1 amide bonds. The molecule has 0 radical (unpaired) electrons. The highest BCUT2D eigenvalue weighted by Gasteiger charge is 2.36. The molecular weight excluding hydrogens is 240 g/mol. The average molecular weight is 268 g/mol. The lowest BCUT2D eigenvalue weighted by Gasteiger charge is -2.27. The molecule has 0 heterocycles. The van der Waals surface area contributed by atoms with Gasteiger partial charge in [-0.3, -0.25) is 4.79 Å². The Morgan fingerprint density at radius 1 is 1.32 bits per heavy atom. The van der Waals surface area contributed by atoms with Crippen molar-refractivity contribution in [3.05, 3.63) is 0 Å². The van der Waals surface area contributed by atoms with Gasteiger partial charge in [0.15, 0.2) is 0 Å². The van der Waals surface area contributed by atoms with Gasteiger partial charge in [0.2, 0.25) is 5.91 Å². The molecule has 4 heteroatoms. The average Bonchev–Trinajstić information content (AvgIpc) is 3.02. The van der Waals surface area contributed by atoms with E-state index in [9.17, 15) is 4.79 Å². The van der Waals surface area contributed by atoms with Gasteiger partial charge >= 0.3 is 0 Å². The smallest absolute Gasteiger partial charge is 0.237 e. The van der Waals surface area contributed by atoms with E-state index in [4.69, 9.17) is 10.5 Å². The molecular formula is C15H28N2O2. The van der Waals surface area contributed by atoms with E-state index in [0.29, 0.717) is 6.04 Å². The van der Waals surface area contributed by atoms with Crippen LogP contribution >= 0.6 is 0 Å². The summed E-state index contributed by atoms with van der Waals surface area (Å²) >= 11 is 0. The molecule has 1 atom stereocenters. The molecule has 0 aliphatic heterocycles. The van der Waals surface area contributed by atoms with Crippen LogP contribution in [0.4, 0.5) is 0 Å². The van der Waals surface area contributed by atoms with Gasteiger partial charge in [0, 0.05) is 19.3 Å². The van der Waals surface area contributed by atoms with E-state index in [1.54, 1.807) is 0 Å². The van der Waals surface area contributed by atoms with Crippen molar-refractivity contribution in [2.45, 2.75) is 69.9 Å². The van der Waals surface area contributed by atoms with Crippen LogP contribution < -0.4 is 11.1 Å². The van der Waals surface area contributed by atoms with E-state index >= 15 is 0 Å². The van der Waals surface area contributed by atoms with Gasteiger partial charge in [-0.05, 0) is 51.4 Å². The number of primary amides is 1. The van der Waals surface area contributed by atoms with E-state index < -0.39 is 5.54 Å². The molecule has 0 aromatic heterocycles. The lowest BCUT2D eigenvalue weighted by Crippen LogP contribution is -2.54. The minimum Gasteiger partial charge on any atom is -0.381 e. The van der Waals surface area contributed by atoms with Crippen molar-refractivity contribution in [2.75, 3.05) is 13.2 Å². The Bertz CT molecular complexity index is 299. The van der Waals surface area contributed by atoms with Crippen LogP contribution in [0.2, 0.25) is 0 Å². The molecule has 0 bridgehead atoms. The summed E-state index contributed by atoms with van der Waals surface area (Å²) < 4.78 is 5.73. The number of carbonyl (C=O) groups excluding carboxylic acids is 1. The van der Waals surface area contributed by atoms with Crippen LogP contribution in [0.15, 0.2) is 0 Å². The Balaban J connectivity index is 1.60. The zero-order valence-corrected chi connectivity index (χ0v) is 12.1. The minimum absolute atomic E-state index is 0.241. The molecule has 1 unspecified atom stereocenters. The summed E-state index contributed by atoms with van der Waals surface area (Å²) in [5.74, 6) is 0.530. The highest BCUT2D eigenvalue weighted by atomic mass is 16.5. The van der Waals surface area contributed by atoms with E-state index in [1.165, 1.54) is 38.5 Å². The largest absolute Gasteiger partial charge is 0.381 e. The third-order valence-electron chi connectivity index (χ3n) is 4.44. The fourth-order valence-electron chi connectivity index (χ4n) is 2.90. The first kappa shape index (κ1) is 14.8. The van der Waals surface area contributed by atoms with Gasteiger partial charge in [0.25, 0.3) is 0 Å². The SMILES string of the molecule is CC(CCCOCC1CCCC1)(NC1CC1)C(N)=O. The van der Waals surface area contributed by atoms with Crippen LogP contribution in [0.5, 0.6) is 0 Å². The standard InChI is InChI=1S/C15H28N2O2/c1-15(14(16)18,17-13-7-8-13)9-4-10-19-11-12-5-2-3-6-12/h12-13,17H,2-11H2,1H3,(H2,16,18). The summed E-state index contributed by atoms with van der Waals surface area (Å²) in [6.45, 7) is 3.56. The molecule has 19 heavy (non-hydrogen) atoms. The quantitative estimate of drug-likeness (QED) is 0.628. The van der Waals surface area contributed by atoms with E-state index in [1.807, 2.05) is 6.92 Å². The normalized spacial score (nSPS) is 23.4. The predicted octanol–water partition coefficient (Wildman–Crippen LogP) is 1.97. The third kappa shape index (κ3) is 4.77. The number of hydrogen-bond acceptors (Lipinski definition) is 3. The Kier molecular flexibility index (Phi) is 5.22. The third-order valence-corrected chi connectivity index (χ3v) is 4.44. The molecule has 3 N–H and O–H groups in total. The summed E-state index contributed by atoms with van der Waals surface area (Å²) in [6.07, 6.45) is 9.36. The number of nitrogens with two attached hydrogens (primary N) is 1. The summed E-state index contributed by atoms with van der Waals surface area (Å²) in [7, 11) is 0. The maximum Gasteiger partial charge on any atom is 0.237 e. The van der Waals surface area contributed by atoms with Crippen molar-refractivity contribution >= 4 is 5.91 Å². The van der Waals surface area contributed by atoms with Gasteiger partial charge < -0.3 is 15.8 Å². The van der Waals surface area contributed by atoms with Gasteiger partial charge in [-0.2, -0.15) is 0 Å². The topological polar surface area (TPSA) is 64.3 Å². The maximum atomic E-state index is 11.6. The Morgan fingerprint density at radius 2 is 2.00 bits per heavy atom. The van der Waals surface area contributed by atoms with Crippen molar-refractivity contribution in [3.8, 4) is 0 Å². The van der Waals surface area contributed by atoms with Crippen molar-refractivity contribution in [3.63, 3.8) is 0 Å². The minimum atomic E-state index is -0.558. The zero-order chi connectivity index (χ0) is 13.7. The molecule has 0 aromatic carbocycles. The highest BCUT2D eigenvalue weighted by Crippen LogP contribution is 2.26. The number of hydrogen-bond donors (Lipinski definition) is 2. The van der Waals surface area contributed by atoms with E-state index in [2.05, 4.69) is 5.32 Å². The summed E-state index contributed by atoms with van der Waals surface area (Å²) in [6, 6.07) is 0.497. The molecule has 110 valence electrons. The van der Waals surface area contributed by atoms with Gasteiger partial charge in [-0.15, -0.1) is 0 Å². The van der Waals surface area contributed by atoms with Gasteiger partial charge in [0.05, 0.1) is 5.54 Å². The molecule has 2 fully saturated rings. The number of nitrogens with one attached hydrogen (secondary N) is 1. The first-order valence-electron chi connectivity index (χ1n) is 7.75. The summed E-state index contributed by atoms with van der Waals surface area (Å²) in [5.41, 5.74) is 4.96. The summed E-state index contributed by atoms with van der Waals surface area (Å²) in [5, 5.41) is 3.37. The monoisotopic (exact) mass is 268 g/mol. The molecule has 0 spiro atoms. The number of rotatable bonds is 9. The second-order valence-corrected chi connectivity index (χ2v) is 6.44. The Labute approximate surface area is 116 Å². The van der Waals surface area contributed by atoms with Crippen LogP contribution in [0.1, 0.15) is 58.3 Å². The molecule has 0 aromatic rings.